The van der Waals surface area contributed by atoms with Crippen molar-refractivity contribution in [3.63, 3.8) is 0 Å². The molecule has 0 radical (unpaired) electrons. The van der Waals surface area contributed by atoms with E-state index in [1.54, 1.807) is 0 Å². The summed E-state index contributed by atoms with van der Waals surface area (Å²) >= 11 is 0. The van der Waals surface area contributed by atoms with Crippen molar-refractivity contribution in [1.29, 1.82) is 0 Å². The summed E-state index contributed by atoms with van der Waals surface area (Å²) in [4.78, 5) is 0. The smallest absolute Gasteiger partial charge is 0.371 e. The Morgan fingerprint density at radius 1 is 1.25 bits per heavy atom. The molecular weight excluding hydrogens is 219 g/mol. The van der Waals surface area contributed by atoms with Gasteiger partial charge in [0.2, 0.25) is 0 Å². The SMILES string of the molecule is CC1CCC(NCCOCC(F)(F)F)C1C. The molecule has 2 nitrogen and oxygen atoms in total. The highest BCUT2D eigenvalue weighted by molar-refractivity contribution is 4.84. The predicted octanol–water partition coefficient (Wildman–Crippen LogP) is 2.59. The van der Waals surface area contributed by atoms with Crippen molar-refractivity contribution in [2.24, 2.45) is 11.8 Å². The molecule has 0 aromatic heterocycles. The van der Waals surface area contributed by atoms with Crippen LogP contribution in [0, 0.1) is 11.8 Å². The van der Waals surface area contributed by atoms with Gasteiger partial charge >= 0.3 is 6.18 Å². The monoisotopic (exact) mass is 239 g/mol. The summed E-state index contributed by atoms with van der Waals surface area (Å²) in [5.74, 6) is 1.30. The number of alkyl halides is 3. The first kappa shape index (κ1) is 13.8. The molecule has 0 bridgehead atoms. The molecule has 96 valence electrons. The quantitative estimate of drug-likeness (QED) is 0.744. The van der Waals surface area contributed by atoms with Gasteiger partial charge in [0.1, 0.15) is 6.61 Å². The first-order valence-electron chi connectivity index (χ1n) is 5.78. The maximum absolute atomic E-state index is 11.8. The van der Waals surface area contributed by atoms with E-state index in [1.807, 2.05) is 0 Å². The number of ether oxygens (including phenoxy) is 1. The second kappa shape index (κ2) is 5.87. The number of halogens is 3. The van der Waals surface area contributed by atoms with E-state index >= 15 is 0 Å². The van der Waals surface area contributed by atoms with Crippen LogP contribution in [-0.2, 0) is 4.74 Å². The first-order valence-corrected chi connectivity index (χ1v) is 5.78. The summed E-state index contributed by atoms with van der Waals surface area (Å²) < 4.78 is 39.8. The van der Waals surface area contributed by atoms with Gasteiger partial charge in [-0.1, -0.05) is 13.8 Å². The lowest BCUT2D eigenvalue weighted by Gasteiger charge is -2.19. The van der Waals surface area contributed by atoms with Gasteiger partial charge in [-0.25, -0.2) is 0 Å². The zero-order chi connectivity index (χ0) is 12.2. The summed E-state index contributed by atoms with van der Waals surface area (Å²) in [5.41, 5.74) is 0. The minimum absolute atomic E-state index is 0.122. The van der Waals surface area contributed by atoms with E-state index in [-0.39, 0.29) is 6.61 Å². The predicted molar refractivity (Wildman–Crippen MR) is 56.2 cm³/mol. The van der Waals surface area contributed by atoms with Gasteiger partial charge in [0.25, 0.3) is 0 Å². The third-order valence-corrected chi connectivity index (χ3v) is 3.38. The molecule has 0 spiro atoms. The molecule has 0 amide bonds. The van der Waals surface area contributed by atoms with Crippen LogP contribution in [0.5, 0.6) is 0 Å². The fourth-order valence-electron chi connectivity index (χ4n) is 2.16. The van der Waals surface area contributed by atoms with Crippen LogP contribution in [0.4, 0.5) is 13.2 Å². The lowest BCUT2D eigenvalue weighted by atomic mass is 9.98. The normalized spacial score (nSPS) is 30.9. The molecule has 0 aromatic carbocycles. The molecule has 0 aliphatic heterocycles. The van der Waals surface area contributed by atoms with Crippen LogP contribution < -0.4 is 5.32 Å². The molecule has 1 fully saturated rings. The van der Waals surface area contributed by atoms with E-state index in [4.69, 9.17) is 0 Å². The molecule has 1 aliphatic carbocycles. The third-order valence-electron chi connectivity index (χ3n) is 3.38. The highest BCUT2D eigenvalue weighted by Gasteiger charge is 2.29. The van der Waals surface area contributed by atoms with Crippen LogP contribution >= 0.6 is 0 Å². The minimum Gasteiger partial charge on any atom is -0.371 e. The zero-order valence-corrected chi connectivity index (χ0v) is 9.81. The van der Waals surface area contributed by atoms with E-state index in [0.29, 0.717) is 24.4 Å². The molecule has 5 heteroatoms. The van der Waals surface area contributed by atoms with Crippen molar-refractivity contribution in [2.75, 3.05) is 19.8 Å². The summed E-state index contributed by atoms with van der Waals surface area (Å²) in [5, 5.41) is 3.26. The Kier molecular flexibility index (Phi) is 5.05. The second-order valence-electron chi connectivity index (χ2n) is 4.64. The summed E-state index contributed by atoms with van der Waals surface area (Å²) in [6, 6.07) is 0.435. The van der Waals surface area contributed by atoms with Crippen LogP contribution in [-0.4, -0.2) is 32.0 Å². The molecule has 3 atom stereocenters. The Labute approximate surface area is 94.5 Å². The molecule has 0 aromatic rings. The van der Waals surface area contributed by atoms with Crippen LogP contribution in [0.1, 0.15) is 26.7 Å². The number of rotatable bonds is 5. The van der Waals surface area contributed by atoms with E-state index in [2.05, 4.69) is 23.9 Å². The third kappa shape index (κ3) is 4.70. The van der Waals surface area contributed by atoms with Gasteiger partial charge in [-0.2, -0.15) is 13.2 Å². The van der Waals surface area contributed by atoms with Gasteiger partial charge in [-0.15, -0.1) is 0 Å². The van der Waals surface area contributed by atoms with Crippen molar-refractivity contribution in [1.82, 2.24) is 5.32 Å². The van der Waals surface area contributed by atoms with Gasteiger partial charge < -0.3 is 10.1 Å². The Balaban J connectivity index is 2.04. The molecule has 3 unspecified atom stereocenters. The molecule has 1 rings (SSSR count). The zero-order valence-electron chi connectivity index (χ0n) is 9.81. The van der Waals surface area contributed by atoms with Crippen LogP contribution in [0.3, 0.4) is 0 Å². The van der Waals surface area contributed by atoms with Crippen molar-refractivity contribution in [3.05, 3.63) is 0 Å². The molecule has 16 heavy (non-hydrogen) atoms. The summed E-state index contributed by atoms with van der Waals surface area (Å²) in [7, 11) is 0. The average Bonchev–Trinajstić information content (AvgIpc) is 2.47. The Bertz CT molecular complexity index is 208. The minimum atomic E-state index is -4.21. The lowest BCUT2D eigenvalue weighted by molar-refractivity contribution is -0.173. The molecule has 1 N–H and O–H groups in total. The fourth-order valence-corrected chi connectivity index (χ4v) is 2.16. The second-order valence-corrected chi connectivity index (χ2v) is 4.64. The Morgan fingerprint density at radius 2 is 1.94 bits per heavy atom. The molecule has 1 aliphatic rings. The molecule has 0 heterocycles. The van der Waals surface area contributed by atoms with E-state index in [9.17, 15) is 13.2 Å². The van der Waals surface area contributed by atoms with E-state index < -0.39 is 12.8 Å². The van der Waals surface area contributed by atoms with Gasteiger partial charge in [0.05, 0.1) is 6.61 Å². The highest BCUT2D eigenvalue weighted by Crippen LogP contribution is 2.30. The maximum Gasteiger partial charge on any atom is 0.411 e. The lowest BCUT2D eigenvalue weighted by Crippen LogP contribution is -2.35. The Hall–Kier alpha value is -0.290. The average molecular weight is 239 g/mol. The first-order chi connectivity index (χ1) is 7.40. The van der Waals surface area contributed by atoms with Gasteiger partial charge in [-0.3, -0.25) is 0 Å². The molecule has 1 saturated carbocycles. The number of hydrogen-bond acceptors (Lipinski definition) is 2. The van der Waals surface area contributed by atoms with Crippen LogP contribution in [0.15, 0.2) is 0 Å². The van der Waals surface area contributed by atoms with Gasteiger partial charge in [0.15, 0.2) is 0 Å². The van der Waals surface area contributed by atoms with Crippen molar-refractivity contribution >= 4 is 0 Å². The van der Waals surface area contributed by atoms with Gasteiger partial charge in [0, 0.05) is 12.6 Å². The summed E-state index contributed by atoms with van der Waals surface area (Å²) in [6.07, 6.45) is -1.90. The van der Waals surface area contributed by atoms with E-state index in [0.717, 1.165) is 6.42 Å². The Morgan fingerprint density at radius 3 is 2.44 bits per heavy atom. The van der Waals surface area contributed by atoms with Crippen LogP contribution in [0.25, 0.3) is 0 Å². The standard InChI is InChI=1S/C11H20F3NO/c1-8-3-4-10(9(8)2)15-5-6-16-7-11(12,13)14/h8-10,15H,3-7H2,1-2H3. The van der Waals surface area contributed by atoms with Crippen molar-refractivity contribution < 1.29 is 17.9 Å². The largest absolute Gasteiger partial charge is 0.411 e. The highest BCUT2D eigenvalue weighted by atomic mass is 19.4. The fraction of sp³-hybridized carbons (Fsp3) is 1.00. The topological polar surface area (TPSA) is 21.3 Å². The number of nitrogens with one attached hydrogen (secondary N) is 1. The molecular formula is C11H20F3NO. The maximum atomic E-state index is 11.8. The van der Waals surface area contributed by atoms with Crippen molar-refractivity contribution in [2.45, 2.75) is 38.9 Å². The summed E-state index contributed by atoms with van der Waals surface area (Å²) in [6.45, 7) is 3.87. The van der Waals surface area contributed by atoms with Crippen molar-refractivity contribution in [3.8, 4) is 0 Å². The van der Waals surface area contributed by atoms with Crippen LogP contribution in [0.2, 0.25) is 0 Å². The van der Waals surface area contributed by atoms with E-state index in [1.165, 1.54) is 6.42 Å². The van der Waals surface area contributed by atoms with Gasteiger partial charge in [-0.05, 0) is 24.7 Å². The molecule has 0 saturated heterocycles. The number of hydrogen-bond donors (Lipinski definition) is 1.